The minimum absolute atomic E-state index is 0.0499. The number of nitrogens with one attached hydrogen (secondary N) is 1. The molecule has 6 heteroatoms. The Bertz CT molecular complexity index is 709. The highest BCUT2D eigenvalue weighted by Gasteiger charge is 2.24. The SMILES string of the molecule is CCSc1cccc2c1CN(c1cc(O)[nH]c1O)C(C)=N2. The zero-order valence-electron chi connectivity index (χ0n) is 11.9. The van der Waals surface area contributed by atoms with E-state index in [0.717, 1.165) is 22.8 Å². The molecule has 0 saturated heterocycles. The Morgan fingerprint density at radius 2 is 2.19 bits per heavy atom. The molecule has 3 N–H and O–H groups in total. The van der Waals surface area contributed by atoms with Crippen molar-refractivity contribution in [1.29, 1.82) is 0 Å². The fraction of sp³-hybridized carbons (Fsp3) is 0.267. The smallest absolute Gasteiger partial charge is 0.215 e. The lowest BCUT2D eigenvalue weighted by molar-refractivity contribution is 0.425. The van der Waals surface area contributed by atoms with Gasteiger partial charge in [0.25, 0.3) is 0 Å². The van der Waals surface area contributed by atoms with Crippen LogP contribution in [0.5, 0.6) is 11.8 Å². The minimum atomic E-state index is -0.0580. The number of benzene rings is 1. The molecule has 2 heterocycles. The van der Waals surface area contributed by atoms with Gasteiger partial charge in [0, 0.05) is 16.5 Å². The molecule has 0 spiro atoms. The summed E-state index contributed by atoms with van der Waals surface area (Å²) >= 11 is 1.78. The molecular formula is C15H17N3O2S. The Balaban J connectivity index is 2.04. The van der Waals surface area contributed by atoms with E-state index in [0.29, 0.717) is 12.2 Å². The largest absolute Gasteiger partial charge is 0.494 e. The number of thioether (sulfide) groups is 1. The maximum absolute atomic E-state index is 9.90. The number of anilines is 1. The minimum Gasteiger partial charge on any atom is -0.494 e. The molecule has 1 aromatic carbocycles. The fourth-order valence-corrected chi connectivity index (χ4v) is 3.33. The van der Waals surface area contributed by atoms with E-state index in [-0.39, 0.29) is 11.8 Å². The third-order valence-corrected chi connectivity index (χ3v) is 4.43. The molecule has 21 heavy (non-hydrogen) atoms. The van der Waals surface area contributed by atoms with Gasteiger partial charge in [0.2, 0.25) is 5.88 Å². The Hall–Kier alpha value is -2.08. The van der Waals surface area contributed by atoms with Crippen LogP contribution in [0, 0.1) is 0 Å². The second kappa shape index (κ2) is 5.37. The van der Waals surface area contributed by atoms with E-state index in [9.17, 15) is 10.2 Å². The monoisotopic (exact) mass is 303 g/mol. The van der Waals surface area contributed by atoms with Crippen LogP contribution < -0.4 is 4.90 Å². The average molecular weight is 303 g/mol. The third kappa shape index (κ3) is 2.47. The predicted octanol–water partition coefficient (Wildman–Crippen LogP) is 3.61. The molecule has 110 valence electrons. The molecule has 5 nitrogen and oxygen atoms in total. The maximum atomic E-state index is 9.90. The number of hydrogen-bond acceptors (Lipinski definition) is 5. The maximum Gasteiger partial charge on any atom is 0.215 e. The molecule has 0 radical (unpaired) electrons. The van der Waals surface area contributed by atoms with Crippen LogP contribution in [-0.4, -0.2) is 26.8 Å². The lowest BCUT2D eigenvalue weighted by atomic mass is 10.1. The number of fused-ring (bicyclic) bond motifs is 1. The van der Waals surface area contributed by atoms with E-state index in [1.54, 1.807) is 11.8 Å². The van der Waals surface area contributed by atoms with Crippen LogP contribution in [0.1, 0.15) is 19.4 Å². The summed E-state index contributed by atoms with van der Waals surface area (Å²) in [4.78, 5) is 10.2. The van der Waals surface area contributed by atoms with Crippen molar-refractivity contribution >= 4 is 29.0 Å². The third-order valence-electron chi connectivity index (χ3n) is 3.45. The standard InChI is InChI=1S/C15H17N3O2S/c1-3-21-13-6-4-5-11-10(13)8-18(9(2)16-11)12-7-14(19)17-15(12)20/h4-7,17,19-20H,3,8H2,1-2H3. The Morgan fingerprint density at radius 1 is 1.38 bits per heavy atom. The summed E-state index contributed by atoms with van der Waals surface area (Å²) in [6.45, 7) is 4.64. The fourth-order valence-electron chi connectivity index (χ4n) is 2.50. The highest BCUT2D eigenvalue weighted by atomic mass is 32.2. The van der Waals surface area contributed by atoms with Gasteiger partial charge in [-0.2, -0.15) is 0 Å². The normalized spacial score (nSPS) is 14.0. The van der Waals surface area contributed by atoms with Crippen LogP contribution in [-0.2, 0) is 6.54 Å². The summed E-state index contributed by atoms with van der Waals surface area (Å²) in [7, 11) is 0. The van der Waals surface area contributed by atoms with Crippen molar-refractivity contribution < 1.29 is 10.2 Å². The molecular weight excluding hydrogens is 286 g/mol. The van der Waals surface area contributed by atoms with Gasteiger partial charge in [-0.3, -0.25) is 4.98 Å². The summed E-state index contributed by atoms with van der Waals surface area (Å²) in [6, 6.07) is 7.62. The number of aromatic nitrogens is 1. The van der Waals surface area contributed by atoms with Crippen LogP contribution in [0.3, 0.4) is 0 Å². The number of hydrogen-bond donors (Lipinski definition) is 3. The van der Waals surface area contributed by atoms with Crippen molar-refractivity contribution in [3.05, 3.63) is 29.8 Å². The van der Waals surface area contributed by atoms with Gasteiger partial charge in [0.1, 0.15) is 11.5 Å². The second-order valence-electron chi connectivity index (χ2n) is 4.82. The van der Waals surface area contributed by atoms with E-state index in [1.807, 2.05) is 24.0 Å². The topological polar surface area (TPSA) is 71.8 Å². The summed E-state index contributed by atoms with van der Waals surface area (Å²) in [5, 5.41) is 19.4. The van der Waals surface area contributed by atoms with Gasteiger partial charge in [0.05, 0.1) is 12.2 Å². The number of amidine groups is 1. The highest BCUT2D eigenvalue weighted by molar-refractivity contribution is 7.99. The number of aromatic amines is 1. The van der Waals surface area contributed by atoms with Crippen LogP contribution >= 0.6 is 11.8 Å². The Morgan fingerprint density at radius 3 is 2.86 bits per heavy atom. The van der Waals surface area contributed by atoms with Crippen molar-refractivity contribution in [2.24, 2.45) is 4.99 Å². The zero-order valence-corrected chi connectivity index (χ0v) is 12.7. The molecule has 1 aliphatic heterocycles. The number of aromatic hydroxyl groups is 2. The van der Waals surface area contributed by atoms with Crippen LogP contribution in [0.15, 0.2) is 34.2 Å². The number of H-pyrrole nitrogens is 1. The summed E-state index contributed by atoms with van der Waals surface area (Å²) in [6.07, 6.45) is 0. The first kappa shape index (κ1) is 13.9. The molecule has 0 saturated carbocycles. The lowest BCUT2D eigenvalue weighted by Gasteiger charge is -2.29. The molecule has 0 atom stereocenters. The average Bonchev–Trinajstić information content (AvgIpc) is 2.77. The second-order valence-corrected chi connectivity index (χ2v) is 6.13. The van der Waals surface area contributed by atoms with Gasteiger partial charge in [0.15, 0.2) is 5.88 Å². The van der Waals surface area contributed by atoms with Gasteiger partial charge in [-0.25, -0.2) is 4.99 Å². The molecule has 0 bridgehead atoms. The predicted molar refractivity (Wildman–Crippen MR) is 85.9 cm³/mol. The van der Waals surface area contributed by atoms with Gasteiger partial charge in [-0.05, 0) is 24.8 Å². The van der Waals surface area contributed by atoms with Gasteiger partial charge in [-0.1, -0.05) is 13.0 Å². The van der Waals surface area contributed by atoms with Crippen LogP contribution in [0.2, 0.25) is 0 Å². The summed E-state index contributed by atoms with van der Waals surface area (Å²) in [5.41, 5.74) is 2.66. The van der Waals surface area contributed by atoms with Crippen molar-refractivity contribution in [3.63, 3.8) is 0 Å². The molecule has 0 fully saturated rings. The van der Waals surface area contributed by atoms with E-state index in [2.05, 4.69) is 23.0 Å². The van der Waals surface area contributed by atoms with E-state index < -0.39 is 0 Å². The summed E-state index contributed by atoms with van der Waals surface area (Å²) in [5.74, 6) is 1.67. The molecule has 0 unspecified atom stereocenters. The first-order valence-corrected chi connectivity index (χ1v) is 7.77. The van der Waals surface area contributed by atoms with Crippen molar-refractivity contribution in [2.75, 3.05) is 10.7 Å². The molecule has 1 aliphatic rings. The van der Waals surface area contributed by atoms with E-state index in [4.69, 9.17) is 0 Å². The van der Waals surface area contributed by atoms with E-state index in [1.165, 1.54) is 11.0 Å². The van der Waals surface area contributed by atoms with Gasteiger partial charge >= 0.3 is 0 Å². The van der Waals surface area contributed by atoms with Crippen molar-refractivity contribution in [1.82, 2.24) is 4.98 Å². The number of aliphatic imine (C=N–C) groups is 1. The van der Waals surface area contributed by atoms with Crippen molar-refractivity contribution in [2.45, 2.75) is 25.3 Å². The highest BCUT2D eigenvalue weighted by Crippen LogP contribution is 2.39. The first-order chi connectivity index (χ1) is 10.1. The Labute approximate surface area is 127 Å². The molecule has 2 aromatic rings. The van der Waals surface area contributed by atoms with Gasteiger partial charge < -0.3 is 15.1 Å². The van der Waals surface area contributed by atoms with Crippen LogP contribution in [0.25, 0.3) is 0 Å². The van der Waals surface area contributed by atoms with Gasteiger partial charge in [-0.15, -0.1) is 11.8 Å². The lowest BCUT2D eigenvalue weighted by Crippen LogP contribution is -2.30. The molecule has 0 aliphatic carbocycles. The van der Waals surface area contributed by atoms with Crippen molar-refractivity contribution in [3.8, 4) is 11.8 Å². The molecule has 0 amide bonds. The number of rotatable bonds is 3. The van der Waals surface area contributed by atoms with Crippen LogP contribution in [0.4, 0.5) is 11.4 Å². The zero-order chi connectivity index (χ0) is 15.0. The molecule has 1 aromatic heterocycles. The number of nitrogens with zero attached hydrogens (tertiary/aromatic N) is 2. The quantitative estimate of drug-likeness (QED) is 0.757. The Kier molecular flexibility index (Phi) is 3.55. The molecule has 3 rings (SSSR count). The first-order valence-electron chi connectivity index (χ1n) is 6.78. The van der Waals surface area contributed by atoms with E-state index >= 15 is 0 Å². The summed E-state index contributed by atoms with van der Waals surface area (Å²) < 4.78 is 0.